The Morgan fingerprint density at radius 2 is 1.83 bits per heavy atom. The summed E-state index contributed by atoms with van der Waals surface area (Å²) in [4.78, 5) is 10.7. The van der Waals surface area contributed by atoms with Gasteiger partial charge in [-0.05, 0) is 35.9 Å². The quantitative estimate of drug-likeness (QED) is 0.777. The standard InChI is InChI=1S/C14H10F2O2/c1-18-14-5-3-10(7-13(14)16)11-6-9(8-17)2-4-12(11)15/h2-8H,1H3. The summed E-state index contributed by atoms with van der Waals surface area (Å²) >= 11 is 0. The minimum absolute atomic E-state index is 0.0886. The third kappa shape index (κ3) is 2.22. The normalized spacial score (nSPS) is 10.2. The van der Waals surface area contributed by atoms with E-state index in [4.69, 9.17) is 4.74 Å². The first-order chi connectivity index (χ1) is 8.65. The van der Waals surface area contributed by atoms with E-state index in [1.54, 1.807) is 0 Å². The second-order valence-electron chi connectivity index (χ2n) is 3.71. The summed E-state index contributed by atoms with van der Waals surface area (Å²) in [5.74, 6) is -0.998. The van der Waals surface area contributed by atoms with Crippen molar-refractivity contribution < 1.29 is 18.3 Å². The molecule has 0 aliphatic rings. The van der Waals surface area contributed by atoms with Gasteiger partial charge in [-0.25, -0.2) is 8.78 Å². The minimum Gasteiger partial charge on any atom is -0.494 e. The van der Waals surface area contributed by atoms with Crippen LogP contribution < -0.4 is 4.74 Å². The van der Waals surface area contributed by atoms with Gasteiger partial charge in [-0.3, -0.25) is 4.79 Å². The average Bonchev–Trinajstić information content (AvgIpc) is 2.39. The minimum atomic E-state index is -0.578. The van der Waals surface area contributed by atoms with Crippen molar-refractivity contribution in [1.82, 2.24) is 0 Å². The van der Waals surface area contributed by atoms with Crippen LogP contribution in [0.4, 0.5) is 8.78 Å². The predicted molar refractivity (Wildman–Crippen MR) is 63.7 cm³/mol. The van der Waals surface area contributed by atoms with E-state index in [1.165, 1.54) is 43.5 Å². The summed E-state index contributed by atoms with van der Waals surface area (Å²) in [6.45, 7) is 0. The molecule has 18 heavy (non-hydrogen) atoms. The molecule has 2 rings (SSSR count). The number of rotatable bonds is 3. The molecule has 0 aromatic heterocycles. The van der Waals surface area contributed by atoms with Gasteiger partial charge in [0.05, 0.1) is 7.11 Å². The molecule has 2 aromatic rings. The lowest BCUT2D eigenvalue weighted by Crippen LogP contribution is -1.91. The molecule has 92 valence electrons. The van der Waals surface area contributed by atoms with Gasteiger partial charge in [-0.1, -0.05) is 6.07 Å². The maximum absolute atomic E-state index is 13.6. The Bertz CT molecular complexity index is 594. The SMILES string of the molecule is COc1ccc(-c2cc(C=O)ccc2F)cc1F. The number of ether oxygens (including phenoxy) is 1. The molecule has 0 heterocycles. The van der Waals surface area contributed by atoms with Crippen molar-refractivity contribution in [3.63, 3.8) is 0 Å². The molecule has 0 radical (unpaired) electrons. The van der Waals surface area contributed by atoms with E-state index in [0.29, 0.717) is 17.4 Å². The highest BCUT2D eigenvalue weighted by atomic mass is 19.1. The van der Waals surface area contributed by atoms with Crippen molar-refractivity contribution >= 4 is 6.29 Å². The molecular formula is C14H10F2O2. The summed E-state index contributed by atoms with van der Waals surface area (Å²) in [5.41, 5.74) is 0.873. The van der Waals surface area contributed by atoms with Gasteiger partial charge in [-0.15, -0.1) is 0 Å². The molecule has 0 spiro atoms. The van der Waals surface area contributed by atoms with Gasteiger partial charge in [0.25, 0.3) is 0 Å². The van der Waals surface area contributed by atoms with E-state index in [2.05, 4.69) is 0 Å². The Morgan fingerprint density at radius 1 is 1.06 bits per heavy atom. The van der Waals surface area contributed by atoms with Crippen LogP contribution in [0, 0.1) is 11.6 Å². The Morgan fingerprint density at radius 3 is 2.44 bits per heavy atom. The lowest BCUT2D eigenvalue weighted by molar-refractivity contribution is 0.112. The number of hydrogen-bond acceptors (Lipinski definition) is 2. The highest BCUT2D eigenvalue weighted by Gasteiger charge is 2.09. The third-order valence-corrected chi connectivity index (χ3v) is 2.59. The number of carbonyl (C=O) groups is 1. The maximum atomic E-state index is 13.6. The number of benzene rings is 2. The summed E-state index contributed by atoms with van der Waals surface area (Å²) < 4.78 is 32.0. The summed E-state index contributed by atoms with van der Waals surface area (Å²) in [5, 5.41) is 0. The molecule has 0 bridgehead atoms. The number of halogens is 2. The average molecular weight is 248 g/mol. The zero-order valence-electron chi connectivity index (χ0n) is 9.61. The van der Waals surface area contributed by atoms with Gasteiger partial charge in [0.2, 0.25) is 0 Å². The molecular weight excluding hydrogens is 238 g/mol. The van der Waals surface area contributed by atoms with Crippen LogP contribution in [-0.4, -0.2) is 13.4 Å². The lowest BCUT2D eigenvalue weighted by atomic mass is 10.0. The fourth-order valence-electron chi connectivity index (χ4n) is 1.67. The molecule has 0 N–H and O–H groups in total. The van der Waals surface area contributed by atoms with E-state index in [9.17, 15) is 13.6 Å². The first-order valence-electron chi connectivity index (χ1n) is 5.24. The first-order valence-corrected chi connectivity index (χ1v) is 5.24. The van der Waals surface area contributed by atoms with Crippen LogP contribution >= 0.6 is 0 Å². The van der Waals surface area contributed by atoms with Crippen LogP contribution in [0.1, 0.15) is 10.4 Å². The summed E-state index contributed by atoms with van der Waals surface area (Å²) in [7, 11) is 1.35. The van der Waals surface area contributed by atoms with E-state index >= 15 is 0 Å². The van der Waals surface area contributed by atoms with Crippen LogP contribution in [-0.2, 0) is 0 Å². The largest absolute Gasteiger partial charge is 0.494 e. The Hall–Kier alpha value is -2.23. The highest BCUT2D eigenvalue weighted by molar-refractivity contribution is 5.79. The smallest absolute Gasteiger partial charge is 0.165 e. The van der Waals surface area contributed by atoms with Crippen LogP contribution in [0.5, 0.6) is 5.75 Å². The second kappa shape index (κ2) is 4.96. The van der Waals surface area contributed by atoms with Crippen molar-refractivity contribution in [3.05, 3.63) is 53.6 Å². The number of aldehydes is 1. The molecule has 0 atom stereocenters. The Balaban J connectivity index is 2.54. The first kappa shape index (κ1) is 12.2. The van der Waals surface area contributed by atoms with E-state index in [0.717, 1.165) is 0 Å². The maximum Gasteiger partial charge on any atom is 0.165 e. The highest BCUT2D eigenvalue weighted by Crippen LogP contribution is 2.27. The van der Waals surface area contributed by atoms with Gasteiger partial charge in [0.15, 0.2) is 11.6 Å². The van der Waals surface area contributed by atoms with Crippen molar-refractivity contribution in [2.75, 3.05) is 7.11 Å². The Labute approximate surface area is 103 Å². The molecule has 0 saturated heterocycles. The van der Waals surface area contributed by atoms with Crippen LogP contribution in [0.2, 0.25) is 0 Å². The summed E-state index contributed by atoms with van der Waals surface area (Å²) in [6.07, 6.45) is 0.614. The van der Waals surface area contributed by atoms with Crippen molar-refractivity contribution in [2.45, 2.75) is 0 Å². The molecule has 2 aromatic carbocycles. The molecule has 0 unspecified atom stereocenters. The fraction of sp³-hybridized carbons (Fsp3) is 0.0714. The predicted octanol–water partition coefficient (Wildman–Crippen LogP) is 3.45. The van der Waals surface area contributed by atoms with Gasteiger partial charge in [-0.2, -0.15) is 0 Å². The fourth-order valence-corrected chi connectivity index (χ4v) is 1.67. The molecule has 0 aliphatic carbocycles. The van der Waals surface area contributed by atoms with Crippen molar-refractivity contribution in [3.8, 4) is 16.9 Å². The topological polar surface area (TPSA) is 26.3 Å². The second-order valence-corrected chi connectivity index (χ2v) is 3.71. The zero-order chi connectivity index (χ0) is 13.1. The third-order valence-electron chi connectivity index (χ3n) is 2.59. The number of carbonyl (C=O) groups excluding carboxylic acids is 1. The lowest BCUT2D eigenvalue weighted by Gasteiger charge is -2.07. The molecule has 0 fully saturated rings. The van der Waals surface area contributed by atoms with Crippen LogP contribution in [0.3, 0.4) is 0 Å². The van der Waals surface area contributed by atoms with Gasteiger partial charge < -0.3 is 4.74 Å². The zero-order valence-corrected chi connectivity index (χ0v) is 9.61. The van der Waals surface area contributed by atoms with Crippen LogP contribution in [0.25, 0.3) is 11.1 Å². The molecule has 2 nitrogen and oxygen atoms in total. The van der Waals surface area contributed by atoms with Gasteiger partial charge >= 0.3 is 0 Å². The molecule has 0 aliphatic heterocycles. The molecule has 0 amide bonds. The molecule has 0 saturated carbocycles. The number of methoxy groups -OCH3 is 1. The van der Waals surface area contributed by atoms with Crippen molar-refractivity contribution in [2.24, 2.45) is 0 Å². The number of hydrogen-bond donors (Lipinski definition) is 0. The van der Waals surface area contributed by atoms with Gasteiger partial charge in [0.1, 0.15) is 12.1 Å². The van der Waals surface area contributed by atoms with Crippen molar-refractivity contribution in [1.29, 1.82) is 0 Å². The Kier molecular flexibility index (Phi) is 3.37. The summed E-state index contributed by atoms with van der Waals surface area (Å²) in [6, 6.07) is 8.05. The van der Waals surface area contributed by atoms with Gasteiger partial charge in [0, 0.05) is 11.1 Å². The van der Waals surface area contributed by atoms with E-state index in [1.807, 2.05) is 0 Å². The monoisotopic (exact) mass is 248 g/mol. The van der Waals surface area contributed by atoms with Crippen LogP contribution in [0.15, 0.2) is 36.4 Å². The van der Waals surface area contributed by atoms with E-state index < -0.39 is 11.6 Å². The van der Waals surface area contributed by atoms with E-state index in [-0.39, 0.29) is 11.3 Å². The molecule has 4 heteroatoms.